The Labute approximate surface area is 230 Å². The molecule has 8 nitrogen and oxygen atoms in total. The molecule has 2 unspecified atom stereocenters. The lowest BCUT2D eigenvalue weighted by molar-refractivity contribution is 0.0284. The Morgan fingerprint density at radius 3 is 1.77 bits per heavy atom. The summed E-state index contributed by atoms with van der Waals surface area (Å²) in [5.74, 6) is 3.16. The summed E-state index contributed by atoms with van der Waals surface area (Å²) in [6.45, 7) is 6.14. The van der Waals surface area contributed by atoms with E-state index in [0.29, 0.717) is 34.3 Å². The predicted octanol–water partition coefficient (Wildman–Crippen LogP) is 6.01. The summed E-state index contributed by atoms with van der Waals surface area (Å²) in [6.07, 6.45) is -1.80. The third-order valence-electron chi connectivity index (χ3n) is 7.63. The number of rotatable bonds is 10. The van der Waals surface area contributed by atoms with Crippen LogP contribution in [-0.2, 0) is 4.74 Å². The van der Waals surface area contributed by atoms with Crippen LogP contribution in [0.15, 0.2) is 54.6 Å². The van der Waals surface area contributed by atoms with E-state index in [9.17, 15) is 10.2 Å². The number of aliphatic hydroxyl groups is 1. The SMILES string of the molecule is COc1cc([C@H]2O[C@@H](c3ccc(OC(C)C(O)c4ccc(OC)c(OC)c4)c(OC)c3)[C@@H](C)[C@@H]2C)ccc1O. The summed E-state index contributed by atoms with van der Waals surface area (Å²) in [5.41, 5.74) is 2.58. The van der Waals surface area contributed by atoms with Gasteiger partial charge in [-0.15, -0.1) is 0 Å². The quantitative estimate of drug-likeness (QED) is 0.324. The van der Waals surface area contributed by atoms with Crippen molar-refractivity contribution in [3.05, 3.63) is 71.3 Å². The van der Waals surface area contributed by atoms with Crippen molar-refractivity contribution in [1.29, 1.82) is 0 Å². The molecular weight excluding hydrogens is 500 g/mol. The van der Waals surface area contributed by atoms with Gasteiger partial charge in [0.05, 0.1) is 40.6 Å². The number of benzene rings is 3. The maximum Gasteiger partial charge on any atom is 0.161 e. The highest BCUT2D eigenvalue weighted by Crippen LogP contribution is 2.50. The Bertz CT molecular complexity index is 1280. The fourth-order valence-corrected chi connectivity index (χ4v) is 5.12. The monoisotopic (exact) mass is 538 g/mol. The summed E-state index contributed by atoms with van der Waals surface area (Å²) >= 11 is 0. The molecule has 1 saturated heterocycles. The van der Waals surface area contributed by atoms with Crippen LogP contribution in [0.25, 0.3) is 0 Å². The molecule has 3 aromatic rings. The second-order valence-electron chi connectivity index (χ2n) is 9.92. The molecule has 0 aromatic heterocycles. The number of ether oxygens (including phenoxy) is 6. The van der Waals surface area contributed by atoms with Crippen LogP contribution in [0.4, 0.5) is 0 Å². The molecule has 39 heavy (non-hydrogen) atoms. The minimum atomic E-state index is -0.906. The molecule has 4 rings (SSSR count). The molecule has 8 heteroatoms. The molecule has 0 aliphatic carbocycles. The van der Waals surface area contributed by atoms with Crippen LogP contribution < -0.4 is 23.7 Å². The Hall–Kier alpha value is -3.62. The lowest BCUT2D eigenvalue weighted by atomic mass is 9.85. The van der Waals surface area contributed by atoms with Gasteiger partial charge >= 0.3 is 0 Å². The van der Waals surface area contributed by atoms with Crippen LogP contribution >= 0.6 is 0 Å². The van der Waals surface area contributed by atoms with E-state index in [1.54, 1.807) is 52.5 Å². The predicted molar refractivity (Wildman–Crippen MR) is 147 cm³/mol. The molecule has 0 radical (unpaired) electrons. The topological polar surface area (TPSA) is 95.8 Å². The minimum absolute atomic E-state index is 0.0994. The first-order chi connectivity index (χ1) is 18.7. The smallest absolute Gasteiger partial charge is 0.161 e. The van der Waals surface area contributed by atoms with Crippen molar-refractivity contribution in [2.75, 3.05) is 28.4 Å². The first-order valence-corrected chi connectivity index (χ1v) is 13.0. The molecule has 1 heterocycles. The van der Waals surface area contributed by atoms with Gasteiger partial charge in [0.25, 0.3) is 0 Å². The number of aromatic hydroxyl groups is 1. The number of methoxy groups -OCH3 is 4. The average Bonchev–Trinajstić information content (AvgIpc) is 3.26. The van der Waals surface area contributed by atoms with Gasteiger partial charge in [0.1, 0.15) is 12.2 Å². The number of hydrogen-bond acceptors (Lipinski definition) is 8. The maximum absolute atomic E-state index is 11.0. The molecule has 2 N–H and O–H groups in total. The van der Waals surface area contributed by atoms with E-state index in [1.165, 1.54) is 7.11 Å². The molecule has 6 atom stereocenters. The molecule has 0 bridgehead atoms. The lowest BCUT2D eigenvalue weighted by Gasteiger charge is -2.24. The Morgan fingerprint density at radius 1 is 0.667 bits per heavy atom. The van der Waals surface area contributed by atoms with Crippen LogP contribution in [0.2, 0.25) is 0 Å². The molecular formula is C31H38O8. The van der Waals surface area contributed by atoms with Crippen molar-refractivity contribution in [3.63, 3.8) is 0 Å². The zero-order valence-electron chi connectivity index (χ0n) is 23.5. The number of aliphatic hydroxyl groups excluding tert-OH is 1. The average molecular weight is 539 g/mol. The Balaban J connectivity index is 1.52. The third-order valence-corrected chi connectivity index (χ3v) is 7.63. The van der Waals surface area contributed by atoms with E-state index in [1.807, 2.05) is 30.3 Å². The normalized spacial score (nSPS) is 22.2. The van der Waals surface area contributed by atoms with Gasteiger partial charge in [-0.1, -0.05) is 32.0 Å². The van der Waals surface area contributed by atoms with Crippen LogP contribution in [0.5, 0.6) is 34.5 Å². The standard InChI is InChI=1S/C31H38O8/c1-17-18(2)31(39-30(17)21-8-11-23(32)26(15-21)35-5)22-10-13-25(28(16-22)37-7)38-19(3)29(33)20-9-12-24(34-4)27(14-20)36-6/h8-19,29-33H,1-7H3/t17-,18-,19?,29?,30-,31+/m0/s1. The van der Waals surface area contributed by atoms with Crippen molar-refractivity contribution in [1.82, 2.24) is 0 Å². The number of phenols is 1. The third kappa shape index (κ3) is 5.72. The van der Waals surface area contributed by atoms with Gasteiger partial charge in [0, 0.05) is 0 Å². The maximum atomic E-state index is 11.0. The van der Waals surface area contributed by atoms with Crippen molar-refractivity contribution in [2.24, 2.45) is 11.8 Å². The lowest BCUT2D eigenvalue weighted by Crippen LogP contribution is -2.22. The second kappa shape index (κ2) is 12.1. The first-order valence-electron chi connectivity index (χ1n) is 13.0. The van der Waals surface area contributed by atoms with E-state index in [-0.39, 0.29) is 29.8 Å². The summed E-state index contributed by atoms with van der Waals surface area (Å²) in [6, 6.07) is 16.4. The molecule has 1 fully saturated rings. The highest BCUT2D eigenvalue weighted by Gasteiger charge is 2.41. The number of hydrogen-bond donors (Lipinski definition) is 2. The first kappa shape index (κ1) is 28.4. The molecule has 1 aliphatic rings. The number of phenolic OH excluding ortho intramolecular Hbond substituents is 1. The molecule has 0 saturated carbocycles. The zero-order chi connectivity index (χ0) is 28.3. The van der Waals surface area contributed by atoms with Crippen LogP contribution in [-0.4, -0.2) is 44.8 Å². The van der Waals surface area contributed by atoms with Gasteiger partial charge in [-0.2, -0.15) is 0 Å². The van der Waals surface area contributed by atoms with E-state index >= 15 is 0 Å². The van der Waals surface area contributed by atoms with Gasteiger partial charge in [-0.05, 0) is 71.8 Å². The van der Waals surface area contributed by atoms with Crippen molar-refractivity contribution < 1.29 is 38.6 Å². The van der Waals surface area contributed by atoms with Gasteiger partial charge in [-0.3, -0.25) is 0 Å². The van der Waals surface area contributed by atoms with Gasteiger partial charge in [0.2, 0.25) is 0 Å². The van der Waals surface area contributed by atoms with Crippen molar-refractivity contribution >= 4 is 0 Å². The van der Waals surface area contributed by atoms with Crippen LogP contribution in [0, 0.1) is 11.8 Å². The van der Waals surface area contributed by atoms with Crippen molar-refractivity contribution in [3.8, 4) is 34.5 Å². The zero-order valence-corrected chi connectivity index (χ0v) is 23.5. The Morgan fingerprint density at radius 2 is 1.18 bits per heavy atom. The highest BCUT2D eigenvalue weighted by atomic mass is 16.5. The van der Waals surface area contributed by atoms with Crippen LogP contribution in [0.3, 0.4) is 0 Å². The van der Waals surface area contributed by atoms with E-state index in [4.69, 9.17) is 28.4 Å². The molecule has 0 spiro atoms. The molecule has 0 amide bonds. The molecule has 210 valence electrons. The van der Waals surface area contributed by atoms with Crippen molar-refractivity contribution in [2.45, 2.75) is 45.2 Å². The van der Waals surface area contributed by atoms with Gasteiger partial charge in [0.15, 0.2) is 34.5 Å². The summed E-state index contributed by atoms with van der Waals surface area (Å²) in [7, 11) is 6.25. The van der Waals surface area contributed by atoms with Gasteiger partial charge < -0.3 is 38.6 Å². The van der Waals surface area contributed by atoms with E-state index < -0.39 is 12.2 Å². The van der Waals surface area contributed by atoms with E-state index in [0.717, 1.165) is 11.1 Å². The summed E-state index contributed by atoms with van der Waals surface area (Å²) in [4.78, 5) is 0. The fourth-order valence-electron chi connectivity index (χ4n) is 5.12. The fraction of sp³-hybridized carbons (Fsp3) is 0.419. The minimum Gasteiger partial charge on any atom is -0.504 e. The summed E-state index contributed by atoms with van der Waals surface area (Å²) in [5, 5.41) is 21.0. The molecule has 1 aliphatic heterocycles. The largest absolute Gasteiger partial charge is 0.504 e. The highest BCUT2D eigenvalue weighted by molar-refractivity contribution is 5.46. The second-order valence-corrected chi connectivity index (χ2v) is 9.92. The Kier molecular flexibility index (Phi) is 8.77. The summed E-state index contributed by atoms with van der Waals surface area (Å²) < 4.78 is 34.3. The van der Waals surface area contributed by atoms with Gasteiger partial charge in [-0.25, -0.2) is 0 Å². The van der Waals surface area contributed by atoms with E-state index in [2.05, 4.69) is 13.8 Å². The van der Waals surface area contributed by atoms with Crippen LogP contribution in [0.1, 0.15) is 55.8 Å². The molecule has 3 aromatic carbocycles.